The zero-order valence-corrected chi connectivity index (χ0v) is 31.0. The van der Waals surface area contributed by atoms with Crippen LogP contribution in [0.15, 0.2) is 121 Å². The number of epoxide rings is 4. The van der Waals surface area contributed by atoms with Gasteiger partial charge in [0.2, 0.25) is 0 Å². The molecule has 4 saturated heterocycles. The van der Waals surface area contributed by atoms with Crippen molar-refractivity contribution >= 4 is 9.84 Å². The summed E-state index contributed by atoms with van der Waals surface area (Å²) >= 11 is 0. The van der Waals surface area contributed by atoms with Gasteiger partial charge in [0.15, 0.2) is 9.84 Å². The normalized spacial score (nSPS) is 30.9. The average molecular weight is 763 g/mol. The fraction of sp³-hybridized carbons (Fsp3) is 0.364. The summed E-state index contributed by atoms with van der Waals surface area (Å²) in [6.45, 7) is 4.08. The van der Waals surface area contributed by atoms with E-state index < -0.39 is 31.5 Å². The predicted octanol–water partition coefficient (Wildman–Crippen LogP) is 5.90. The lowest BCUT2D eigenvalue weighted by Gasteiger charge is -2.41. The Balaban J connectivity index is 1.05. The van der Waals surface area contributed by atoms with Crippen molar-refractivity contribution in [3.05, 3.63) is 155 Å². The van der Waals surface area contributed by atoms with Gasteiger partial charge in [-0.15, -0.1) is 0 Å². The van der Waals surface area contributed by atoms with Gasteiger partial charge in [0.1, 0.15) is 70.8 Å². The minimum Gasteiger partial charge on any atom is -0.490 e. The molecule has 4 aromatic rings. The second-order valence-corrected chi connectivity index (χ2v) is 17.0. The first-order chi connectivity index (χ1) is 26.9. The highest BCUT2D eigenvalue weighted by Gasteiger charge is 2.50. The van der Waals surface area contributed by atoms with E-state index >= 15 is 8.42 Å². The fourth-order valence-electron chi connectivity index (χ4n) is 7.88. The molecular formula is C44H42O10S. The summed E-state index contributed by atoms with van der Waals surface area (Å²) in [5.41, 5.74) is 2.10. The Kier molecular flexibility index (Phi) is 8.94. The van der Waals surface area contributed by atoms with Crippen LogP contribution >= 0.6 is 0 Å². The van der Waals surface area contributed by atoms with Crippen molar-refractivity contribution in [1.29, 1.82) is 0 Å². The Morgan fingerprint density at radius 3 is 1.24 bits per heavy atom. The van der Waals surface area contributed by atoms with Gasteiger partial charge < -0.3 is 37.9 Å². The standard InChI is InChI=1S/C44H42O10S/c45-55(46,41-17-19-43(53-27-31-23-49-31,35-11-3-1-9-33(35)41)37-13-5-7-15-39(37)51-25-29-21-47-29)42-18-20-44(54-28-32-24-50-32,36-12-4-2-10-34(36)42)38-14-6-8-16-40(38)52-26-30-22-48-30/h1-20,29-32,41-42H,21-28H2. The SMILES string of the molecule is O=S(=O)(C1C=CC(OCC2CO2)(c2ccccc2OCC2CO2)c2ccccc21)C1C=CC(OCC2CO2)(c2ccccc2OCC2CO2)c2ccccc21. The van der Waals surface area contributed by atoms with Gasteiger partial charge >= 0.3 is 0 Å². The first-order valence-corrected chi connectivity index (χ1v) is 20.5. The Morgan fingerprint density at radius 1 is 0.491 bits per heavy atom. The largest absolute Gasteiger partial charge is 0.490 e. The summed E-state index contributed by atoms with van der Waals surface area (Å²) in [7, 11) is -3.99. The van der Waals surface area contributed by atoms with Gasteiger partial charge in [-0.1, -0.05) is 97.1 Å². The highest BCUT2D eigenvalue weighted by atomic mass is 32.2. The first kappa shape index (κ1) is 35.1. The van der Waals surface area contributed by atoms with E-state index in [1.165, 1.54) is 0 Å². The number of ether oxygens (including phenoxy) is 8. The summed E-state index contributed by atoms with van der Waals surface area (Å²) in [5.74, 6) is 1.31. The molecule has 0 bridgehead atoms. The van der Waals surface area contributed by atoms with Crippen molar-refractivity contribution in [2.75, 3.05) is 52.9 Å². The maximum atomic E-state index is 15.3. The molecule has 0 spiro atoms. The van der Waals surface area contributed by atoms with E-state index in [2.05, 4.69) is 0 Å². The molecule has 4 aliphatic heterocycles. The molecule has 284 valence electrons. The Morgan fingerprint density at radius 2 is 0.836 bits per heavy atom. The molecule has 2 aliphatic carbocycles. The Hall–Kier alpha value is -4.33. The van der Waals surface area contributed by atoms with Crippen molar-refractivity contribution in [2.24, 2.45) is 0 Å². The van der Waals surface area contributed by atoms with Gasteiger partial charge in [0.05, 0.1) is 39.6 Å². The maximum absolute atomic E-state index is 15.3. The minimum absolute atomic E-state index is 0.0257. The molecule has 0 aromatic heterocycles. The van der Waals surface area contributed by atoms with Crippen molar-refractivity contribution in [2.45, 2.75) is 46.1 Å². The van der Waals surface area contributed by atoms with E-state index in [1.54, 1.807) is 12.2 Å². The van der Waals surface area contributed by atoms with Gasteiger partial charge in [0, 0.05) is 11.1 Å². The molecule has 55 heavy (non-hydrogen) atoms. The van der Waals surface area contributed by atoms with Crippen LogP contribution in [0.1, 0.15) is 43.9 Å². The third-order valence-electron chi connectivity index (χ3n) is 11.1. The van der Waals surface area contributed by atoms with Crippen LogP contribution in [0.4, 0.5) is 0 Å². The highest BCUT2D eigenvalue weighted by molar-refractivity contribution is 7.92. The smallest absolute Gasteiger partial charge is 0.171 e. The number of hydrogen-bond donors (Lipinski definition) is 0. The van der Waals surface area contributed by atoms with E-state index in [1.807, 2.05) is 109 Å². The van der Waals surface area contributed by atoms with Crippen LogP contribution in [0.5, 0.6) is 11.5 Å². The lowest BCUT2D eigenvalue weighted by atomic mass is 9.78. The van der Waals surface area contributed by atoms with Crippen molar-refractivity contribution in [3.8, 4) is 11.5 Å². The van der Waals surface area contributed by atoms with Crippen LogP contribution < -0.4 is 9.47 Å². The summed E-state index contributed by atoms with van der Waals surface area (Å²) in [4.78, 5) is 0. The average Bonchev–Trinajstić information content (AvgIpc) is 4.02. The fourth-order valence-corrected chi connectivity index (χ4v) is 9.91. The van der Waals surface area contributed by atoms with Crippen LogP contribution in [0.2, 0.25) is 0 Å². The summed E-state index contributed by atoms with van der Waals surface area (Å²) in [6, 6.07) is 30.9. The molecule has 6 aliphatic rings. The lowest BCUT2D eigenvalue weighted by Crippen LogP contribution is -2.38. The zero-order valence-electron chi connectivity index (χ0n) is 30.2. The molecule has 0 N–H and O–H groups in total. The lowest BCUT2D eigenvalue weighted by molar-refractivity contribution is 0.00605. The van der Waals surface area contributed by atoms with Crippen LogP contribution in [0, 0.1) is 0 Å². The predicted molar refractivity (Wildman–Crippen MR) is 202 cm³/mol. The van der Waals surface area contributed by atoms with Crippen molar-refractivity contribution < 1.29 is 46.3 Å². The maximum Gasteiger partial charge on any atom is 0.171 e. The molecule has 8 unspecified atom stereocenters. The van der Waals surface area contributed by atoms with Crippen LogP contribution in [0.3, 0.4) is 0 Å². The van der Waals surface area contributed by atoms with E-state index in [0.29, 0.717) is 75.5 Å². The third kappa shape index (κ3) is 6.71. The summed E-state index contributed by atoms with van der Waals surface area (Å²) < 4.78 is 78.9. The molecule has 10 rings (SSSR count). The quantitative estimate of drug-likeness (QED) is 0.101. The molecule has 4 fully saturated rings. The van der Waals surface area contributed by atoms with Gasteiger partial charge in [0.25, 0.3) is 0 Å². The van der Waals surface area contributed by atoms with Gasteiger partial charge in [-0.2, -0.15) is 0 Å². The number of sulfone groups is 1. The number of hydrogen-bond acceptors (Lipinski definition) is 10. The number of fused-ring (bicyclic) bond motifs is 2. The topological polar surface area (TPSA) is 121 Å². The molecule has 11 heteroatoms. The van der Waals surface area contributed by atoms with Gasteiger partial charge in [-0.05, 0) is 46.5 Å². The van der Waals surface area contributed by atoms with E-state index in [0.717, 1.165) is 22.3 Å². The van der Waals surface area contributed by atoms with E-state index in [-0.39, 0.29) is 24.4 Å². The number of rotatable bonds is 16. The Labute approximate surface area is 320 Å². The monoisotopic (exact) mass is 762 g/mol. The molecular weight excluding hydrogens is 721 g/mol. The number of para-hydroxylation sites is 2. The molecule has 0 amide bonds. The molecule has 0 saturated carbocycles. The van der Waals surface area contributed by atoms with E-state index in [4.69, 9.17) is 37.9 Å². The van der Waals surface area contributed by atoms with E-state index in [9.17, 15) is 0 Å². The third-order valence-corrected chi connectivity index (χ3v) is 13.3. The van der Waals surface area contributed by atoms with Crippen LogP contribution in [-0.2, 0) is 49.5 Å². The molecule has 0 radical (unpaired) electrons. The molecule has 4 heterocycles. The first-order valence-electron chi connectivity index (χ1n) is 18.9. The molecule has 10 nitrogen and oxygen atoms in total. The van der Waals surface area contributed by atoms with Crippen molar-refractivity contribution in [1.82, 2.24) is 0 Å². The van der Waals surface area contributed by atoms with Crippen molar-refractivity contribution in [3.63, 3.8) is 0 Å². The highest BCUT2D eigenvalue weighted by Crippen LogP contribution is 2.53. The second-order valence-electron chi connectivity index (χ2n) is 14.9. The summed E-state index contributed by atoms with van der Waals surface area (Å²) in [6.07, 6.45) is 7.43. The minimum atomic E-state index is -3.99. The van der Waals surface area contributed by atoms with Gasteiger partial charge in [-0.25, -0.2) is 8.42 Å². The van der Waals surface area contributed by atoms with Crippen LogP contribution in [-0.4, -0.2) is 85.7 Å². The zero-order chi connectivity index (χ0) is 37.0. The molecule has 8 atom stereocenters. The van der Waals surface area contributed by atoms with Gasteiger partial charge in [-0.3, -0.25) is 0 Å². The summed E-state index contributed by atoms with van der Waals surface area (Å²) in [5, 5.41) is -1.95. The van der Waals surface area contributed by atoms with Crippen LogP contribution in [0.25, 0.3) is 0 Å². The Bertz CT molecular complexity index is 2090. The molecule has 4 aromatic carbocycles. The second kappa shape index (κ2) is 14.0. The number of benzene rings is 4.